The predicted octanol–water partition coefficient (Wildman–Crippen LogP) is 6.19. The second-order valence-corrected chi connectivity index (χ2v) is 11.0. The van der Waals surface area contributed by atoms with Crippen LogP contribution in [0.5, 0.6) is 0 Å². The number of carbonyl (C=O) groups is 1. The van der Waals surface area contributed by atoms with E-state index in [1.165, 1.54) is 30.5 Å². The van der Waals surface area contributed by atoms with Gasteiger partial charge in [-0.15, -0.1) is 0 Å². The van der Waals surface area contributed by atoms with Gasteiger partial charge in [-0.1, -0.05) is 6.08 Å². The monoisotopic (exact) mass is 512 g/mol. The Morgan fingerprint density at radius 3 is 2.27 bits per heavy atom. The highest BCUT2D eigenvalue weighted by atomic mass is 19.1. The molecular formula is C29H38F2N4O2. The van der Waals surface area contributed by atoms with E-state index in [0.29, 0.717) is 44.1 Å². The van der Waals surface area contributed by atoms with Crippen molar-refractivity contribution in [3.8, 4) is 0 Å². The van der Waals surface area contributed by atoms with E-state index in [4.69, 9.17) is 9.72 Å². The maximum absolute atomic E-state index is 13.5. The summed E-state index contributed by atoms with van der Waals surface area (Å²) in [7, 11) is 0. The molecule has 2 aliphatic rings. The third-order valence-corrected chi connectivity index (χ3v) is 6.80. The van der Waals surface area contributed by atoms with Crippen molar-refractivity contribution >= 4 is 17.5 Å². The van der Waals surface area contributed by atoms with E-state index < -0.39 is 17.2 Å². The normalized spacial score (nSPS) is 16.8. The number of aryl methyl sites for hydroxylation is 2. The first kappa shape index (κ1) is 27.0. The van der Waals surface area contributed by atoms with Gasteiger partial charge in [-0.25, -0.2) is 23.5 Å². The van der Waals surface area contributed by atoms with Crippen LogP contribution in [0.25, 0.3) is 5.57 Å². The Balaban J connectivity index is 1.46. The maximum Gasteiger partial charge on any atom is 0.410 e. The average Bonchev–Trinajstić information content (AvgIpc) is 3.67. The van der Waals surface area contributed by atoms with Gasteiger partial charge in [0.2, 0.25) is 0 Å². The summed E-state index contributed by atoms with van der Waals surface area (Å²) in [6, 6.07) is 3.71. The molecule has 1 aromatic carbocycles. The number of unbranched alkanes of at least 4 members (excludes halogenated alkanes) is 1. The van der Waals surface area contributed by atoms with E-state index in [9.17, 15) is 13.6 Å². The van der Waals surface area contributed by atoms with Crippen molar-refractivity contribution in [1.82, 2.24) is 14.9 Å². The van der Waals surface area contributed by atoms with Crippen LogP contribution in [0.1, 0.15) is 70.2 Å². The standard InChI is InChI=1S/C29H38F2N4O2/c1-5-24(21-10-11-21)26-25(9-7-6-8-20-16-22(30)18-23(31)17-20)32-19-33-27(26)34-12-14-35(15-13-34)28(36)37-29(2,3)4/h5,16-19,21H,6-15H2,1-4H3/b24-5-. The van der Waals surface area contributed by atoms with E-state index in [-0.39, 0.29) is 6.09 Å². The largest absolute Gasteiger partial charge is 0.444 e. The Morgan fingerprint density at radius 2 is 1.68 bits per heavy atom. The number of hydrogen-bond acceptors (Lipinski definition) is 5. The SMILES string of the molecule is C/C=C(\c1c(CCCCc2cc(F)cc(F)c2)ncnc1N1CCN(C(=O)OC(C)(C)C)CC1)C1CC1. The highest BCUT2D eigenvalue weighted by Gasteiger charge is 2.33. The van der Waals surface area contributed by atoms with E-state index >= 15 is 0 Å². The lowest BCUT2D eigenvalue weighted by Crippen LogP contribution is -2.50. The molecule has 0 spiro atoms. The van der Waals surface area contributed by atoms with Crippen molar-refractivity contribution in [2.45, 2.75) is 71.8 Å². The molecule has 1 amide bonds. The highest BCUT2D eigenvalue weighted by Crippen LogP contribution is 2.45. The number of hydrogen-bond donors (Lipinski definition) is 0. The number of piperazine rings is 1. The minimum Gasteiger partial charge on any atom is -0.444 e. The molecule has 0 N–H and O–H groups in total. The number of nitrogens with zero attached hydrogens (tertiary/aromatic N) is 4. The lowest BCUT2D eigenvalue weighted by molar-refractivity contribution is 0.0240. The molecule has 1 aliphatic heterocycles. The molecule has 6 nitrogen and oxygen atoms in total. The Kier molecular flexibility index (Phi) is 8.45. The number of aromatic nitrogens is 2. The zero-order chi connectivity index (χ0) is 26.6. The predicted molar refractivity (Wildman–Crippen MR) is 141 cm³/mol. The van der Waals surface area contributed by atoms with Crippen molar-refractivity contribution in [1.29, 1.82) is 0 Å². The second kappa shape index (κ2) is 11.6. The van der Waals surface area contributed by atoms with Gasteiger partial charge in [0.1, 0.15) is 29.4 Å². The van der Waals surface area contributed by atoms with Gasteiger partial charge in [-0.2, -0.15) is 0 Å². The summed E-state index contributed by atoms with van der Waals surface area (Å²) in [4.78, 5) is 25.9. The Bertz CT molecular complexity index is 1110. The lowest BCUT2D eigenvalue weighted by atomic mass is 9.96. The number of allylic oxidation sites excluding steroid dienone is 2. The molecule has 1 aromatic heterocycles. The van der Waals surface area contributed by atoms with Crippen LogP contribution >= 0.6 is 0 Å². The van der Waals surface area contributed by atoms with Gasteiger partial charge >= 0.3 is 6.09 Å². The number of benzene rings is 1. The molecule has 0 radical (unpaired) electrons. The summed E-state index contributed by atoms with van der Waals surface area (Å²) in [6.07, 6.45) is 8.95. The molecule has 37 heavy (non-hydrogen) atoms. The van der Waals surface area contributed by atoms with Crippen molar-refractivity contribution in [3.63, 3.8) is 0 Å². The van der Waals surface area contributed by atoms with Crippen molar-refractivity contribution in [2.75, 3.05) is 31.1 Å². The van der Waals surface area contributed by atoms with Crippen LogP contribution in [0.2, 0.25) is 0 Å². The Hall–Kier alpha value is -3.03. The van der Waals surface area contributed by atoms with E-state index in [2.05, 4.69) is 22.9 Å². The molecule has 200 valence electrons. The van der Waals surface area contributed by atoms with Gasteiger partial charge in [0.15, 0.2) is 0 Å². The number of rotatable bonds is 8. The van der Waals surface area contributed by atoms with Crippen LogP contribution in [-0.4, -0.2) is 52.7 Å². The topological polar surface area (TPSA) is 58.6 Å². The molecule has 2 fully saturated rings. The third-order valence-electron chi connectivity index (χ3n) is 6.80. The molecule has 0 bridgehead atoms. The lowest BCUT2D eigenvalue weighted by Gasteiger charge is -2.37. The molecule has 0 unspecified atom stereocenters. The maximum atomic E-state index is 13.5. The molecule has 2 heterocycles. The molecular weight excluding hydrogens is 474 g/mol. The van der Waals surface area contributed by atoms with Gasteiger partial charge in [0.05, 0.1) is 5.69 Å². The van der Waals surface area contributed by atoms with Crippen LogP contribution in [0.15, 0.2) is 30.6 Å². The Labute approximate surface area is 218 Å². The van der Waals surface area contributed by atoms with Crippen molar-refractivity contribution in [2.24, 2.45) is 5.92 Å². The second-order valence-electron chi connectivity index (χ2n) is 11.0. The summed E-state index contributed by atoms with van der Waals surface area (Å²) in [5, 5.41) is 0. The summed E-state index contributed by atoms with van der Waals surface area (Å²) in [5.41, 5.74) is 3.60. The third kappa shape index (κ3) is 7.27. The van der Waals surface area contributed by atoms with Crippen LogP contribution in [-0.2, 0) is 17.6 Å². The van der Waals surface area contributed by atoms with Crippen LogP contribution in [0.4, 0.5) is 19.4 Å². The molecule has 1 aliphatic carbocycles. The fourth-order valence-electron chi connectivity index (χ4n) is 4.92. The highest BCUT2D eigenvalue weighted by molar-refractivity contribution is 5.79. The summed E-state index contributed by atoms with van der Waals surface area (Å²) in [6.45, 7) is 10.2. The van der Waals surface area contributed by atoms with Crippen molar-refractivity contribution in [3.05, 3.63) is 59.1 Å². The zero-order valence-corrected chi connectivity index (χ0v) is 22.4. The first-order chi connectivity index (χ1) is 17.6. The summed E-state index contributed by atoms with van der Waals surface area (Å²) >= 11 is 0. The van der Waals surface area contributed by atoms with Crippen molar-refractivity contribution < 1.29 is 18.3 Å². The molecule has 4 rings (SSSR count). The minimum absolute atomic E-state index is 0.277. The number of anilines is 1. The van der Waals surface area contributed by atoms with Gasteiger partial charge < -0.3 is 14.5 Å². The minimum atomic E-state index is -0.536. The average molecular weight is 513 g/mol. The van der Waals surface area contributed by atoms with E-state index in [1.807, 2.05) is 20.8 Å². The number of amides is 1. The fraction of sp³-hybridized carbons (Fsp3) is 0.552. The van der Waals surface area contributed by atoms with E-state index in [1.54, 1.807) is 11.2 Å². The van der Waals surface area contributed by atoms with E-state index in [0.717, 1.165) is 42.4 Å². The van der Waals surface area contributed by atoms with Crippen LogP contribution < -0.4 is 4.90 Å². The quantitative estimate of drug-likeness (QED) is 0.395. The smallest absolute Gasteiger partial charge is 0.410 e. The molecule has 0 atom stereocenters. The van der Waals surface area contributed by atoms with Crippen LogP contribution in [0.3, 0.4) is 0 Å². The molecule has 1 saturated heterocycles. The van der Waals surface area contributed by atoms with Gasteiger partial charge in [0.25, 0.3) is 0 Å². The molecule has 8 heteroatoms. The summed E-state index contributed by atoms with van der Waals surface area (Å²) < 4.78 is 32.6. The van der Waals surface area contributed by atoms with Gasteiger partial charge in [-0.05, 0) is 95.4 Å². The summed E-state index contributed by atoms with van der Waals surface area (Å²) in [5.74, 6) is 0.395. The van der Waals surface area contributed by atoms with Gasteiger partial charge in [0, 0.05) is 37.8 Å². The first-order valence-electron chi connectivity index (χ1n) is 13.3. The number of ether oxygens (including phenoxy) is 1. The van der Waals surface area contributed by atoms with Crippen LogP contribution in [0, 0.1) is 17.6 Å². The Morgan fingerprint density at radius 1 is 1.03 bits per heavy atom. The molecule has 1 saturated carbocycles. The number of carbonyl (C=O) groups excluding carboxylic acids is 1. The molecule has 2 aromatic rings. The number of halogens is 2. The fourth-order valence-corrected chi connectivity index (χ4v) is 4.92. The zero-order valence-electron chi connectivity index (χ0n) is 22.4. The van der Waals surface area contributed by atoms with Gasteiger partial charge in [-0.3, -0.25) is 0 Å². The first-order valence-corrected chi connectivity index (χ1v) is 13.3.